The molecule has 25 heavy (non-hydrogen) atoms. The third-order valence-electron chi connectivity index (χ3n) is 3.40. The molecule has 0 spiro atoms. The number of rotatable bonds is 8. The standard InChI is InChI=1S/C20H18O5/c1-3-18(21)25-13-12-24-17-10-8-16(9-11-17)20(23)19(22)15-6-4-14(2)5-7-15/h3-11H,1,12-13H2,2H3. The summed E-state index contributed by atoms with van der Waals surface area (Å²) in [4.78, 5) is 35.3. The Balaban J connectivity index is 1.93. The number of carbonyl (C=O) groups is 3. The Hall–Kier alpha value is -3.21. The average molecular weight is 338 g/mol. The molecule has 0 saturated carbocycles. The highest BCUT2D eigenvalue weighted by atomic mass is 16.6. The summed E-state index contributed by atoms with van der Waals surface area (Å²) in [5.41, 5.74) is 1.67. The van der Waals surface area contributed by atoms with Gasteiger partial charge in [0.2, 0.25) is 11.6 Å². The summed E-state index contributed by atoms with van der Waals surface area (Å²) < 4.78 is 10.2. The topological polar surface area (TPSA) is 69.7 Å². The minimum atomic E-state index is -0.574. The molecule has 0 fully saturated rings. The molecule has 0 aliphatic rings. The van der Waals surface area contributed by atoms with Crippen molar-refractivity contribution in [3.63, 3.8) is 0 Å². The summed E-state index contributed by atoms with van der Waals surface area (Å²) in [5, 5.41) is 0. The van der Waals surface area contributed by atoms with Crippen molar-refractivity contribution >= 4 is 17.5 Å². The van der Waals surface area contributed by atoms with Crippen molar-refractivity contribution in [2.45, 2.75) is 6.92 Å². The van der Waals surface area contributed by atoms with E-state index in [2.05, 4.69) is 6.58 Å². The molecule has 0 bridgehead atoms. The molecule has 5 heteroatoms. The molecule has 2 rings (SSSR count). The molecular weight excluding hydrogens is 320 g/mol. The van der Waals surface area contributed by atoms with E-state index in [1.807, 2.05) is 6.92 Å². The molecule has 2 aromatic rings. The first-order chi connectivity index (χ1) is 12.0. The van der Waals surface area contributed by atoms with Crippen LogP contribution in [0.1, 0.15) is 26.3 Å². The molecule has 0 aliphatic heterocycles. The number of Topliss-reactive ketones (excluding diaryl/α,β-unsaturated/α-hetero) is 2. The van der Waals surface area contributed by atoms with E-state index >= 15 is 0 Å². The van der Waals surface area contributed by atoms with Crippen LogP contribution in [0.25, 0.3) is 0 Å². The fraction of sp³-hybridized carbons (Fsp3) is 0.150. The van der Waals surface area contributed by atoms with Crippen molar-refractivity contribution in [1.82, 2.24) is 0 Å². The Kier molecular flexibility index (Phi) is 6.23. The maximum absolute atomic E-state index is 12.3. The second-order valence-electron chi connectivity index (χ2n) is 5.27. The van der Waals surface area contributed by atoms with Crippen LogP contribution in [0.3, 0.4) is 0 Å². The van der Waals surface area contributed by atoms with Crippen molar-refractivity contribution < 1.29 is 23.9 Å². The fourth-order valence-electron chi connectivity index (χ4n) is 2.03. The van der Waals surface area contributed by atoms with Crippen molar-refractivity contribution in [2.24, 2.45) is 0 Å². The van der Waals surface area contributed by atoms with E-state index in [-0.39, 0.29) is 18.8 Å². The van der Waals surface area contributed by atoms with Gasteiger partial charge in [-0.05, 0) is 31.2 Å². The monoisotopic (exact) mass is 338 g/mol. The number of hydrogen-bond donors (Lipinski definition) is 0. The fourth-order valence-corrected chi connectivity index (χ4v) is 2.03. The summed E-state index contributed by atoms with van der Waals surface area (Å²) in [6.07, 6.45) is 1.07. The first kappa shape index (κ1) is 18.1. The number of ketones is 2. The van der Waals surface area contributed by atoms with Gasteiger partial charge in [0, 0.05) is 17.2 Å². The molecule has 2 aromatic carbocycles. The molecule has 0 aliphatic carbocycles. The van der Waals surface area contributed by atoms with Gasteiger partial charge in [0.15, 0.2) is 0 Å². The van der Waals surface area contributed by atoms with E-state index in [0.717, 1.165) is 11.6 Å². The molecule has 128 valence electrons. The van der Waals surface area contributed by atoms with Gasteiger partial charge in [0.25, 0.3) is 0 Å². The number of carbonyl (C=O) groups excluding carboxylic acids is 3. The molecule has 0 amide bonds. The van der Waals surface area contributed by atoms with Gasteiger partial charge in [-0.25, -0.2) is 4.79 Å². The molecule has 0 N–H and O–H groups in total. The van der Waals surface area contributed by atoms with Crippen LogP contribution in [0.2, 0.25) is 0 Å². The first-order valence-corrected chi connectivity index (χ1v) is 7.69. The highest BCUT2D eigenvalue weighted by Crippen LogP contribution is 2.15. The lowest BCUT2D eigenvalue weighted by Crippen LogP contribution is -2.14. The second-order valence-corrected chi connectivity index (χ2v) is 5.27. The molecule has 0 saturated heterocycles. The summed E-state index contributed by atoms with van der Waals surface area (Å²) in [5.74, 6) is -1.13. The summed E-state index contributed by atoms with van der Waals surface area (Å²) in [6, 6.07) is 13.1. The summed E-state index contributed by atoms with van der Waals surface area (Å²) in [7, 11) is 0. The summed E-state index contributed by atoms with van der Waals surface area (Å²) >= 11 is 0. The van der Waals surface area contributed by atoms with E-state index in [9.17, 15) is 14.4 Å². The lowest BCUT2D eigenvalue weighted by atomic mass is 10.0. The molecule has 0 aromatic heterocycles. The van der Waals surface area contributed by atoms with E-state index in [0.29, 0.717) is 11.3 Å². The van der Waals surface area contributed by atoms with Gasteiger partial charge < -0.3 is 9.47 Å². The summed E-state index contributed by atoms with van der Waals surface area (Å²) in [6.45, 7) is 5.47. The maximum atomic E-state index is 12.3. The zero-order valence-electron chi connectivity index (χ0n) is 13.9. The van der Waals surface area contributed by atoms with E-state index in [1.54, 1.807) is 36.4 Å². The van der Waals surface area contributed by atoms with Crippen LogP contribution in [0.15, 0.2) is 61.2 Å². The quantitative estimate of drug-likeness (QED) is 0.243. The van der Waals surface area contributed by atoms with Gasteiger partial charge >= 0.3 is 5.97 Å². The van der Waals surface area contributed by atoms with Crippen LogP contribution in [0.4, 0.5) is 0 Å². The van der Waals surface area contributed by atoms with Gasteiger partial charge in [0.1, 0.15) is 19.0 Å². The van der Waals surface area contributed by atoms with E-state index < -0.39 is 17.5 Å². The third-order valence-corrected chi connectivity index (χ3v) is 3.40. The number of benzene rings is 2. The Bertz CT molecular complexity index is 773. The van der Waals surface area contributed by atoms with Gasteiger partial charge in [-0.2, -0.15) is 0 Å². The average Bonchev–Trinajstić information content (AvgIpc) is 2.65. The Labute approximate surface area is 145 Å². The SMILES string of the molecule is C=CC(=O)OCCOc1ccc(C(=O)C(=O)c2ccc(C)cc2)cc1. The van der Waals surface area contributed by atoms with Crippen LogP contribution in [-0.2, 0) is 9.53 Å². The van der Waals surface area contributed by atoms with Crippen molar-refractivity contribution in [3.8, 4) is 5.75 Å². The highest BCUT2D eigenvalue weighted by Gasteiger charge is 2.18. The lowest BCUT2D eigenvalue weighted by Gasteiger charge is -2.07. The van der Waals surface area contributed by atoms with Crippen LogP contribution < -0.4 is 4.74 Å². The second kappa shape index (κ2) is 8.59. The van der Waals surface area contributed by atoms with Crippen molar-refractivity contribution in [3.05, 3.63) is 77.9 Å². The lowest BCUT2D eigenvalue weighted by molar-refractivity contribution is -0.138. The molecule has 0 heterocycles. The van der Waals surface area contributed by atoms with Crippen LogP contribution in [0.5, 0.6) is 5.75 Å². The zero-order valence-corrected chi connectivity index (χ0v) is 13.9. The van der Waals surface area contributed by atoms with Crippen molar-refractivity contribution in [2.75, 3.05) is 13.2 Å². The minimum Gasteiger partial charge on any atom is -0.490 e. The first-order valence-electron chi connectivity index (χ1n) is 7.69. The maximum Gasteiger partial charge on any atom is 0.330 e. The smallest absolute Gasteiger partial charge is 0.330 e. The number of esters is 1. The highest BCUT2D eigenvalue weighted by molar-refractivity contribution is 6.49. The molecule has 0 atom stereocenters. The number of hydrogen-bond acceptors (Lipinski definition) is 5. The molecule has 0 radical (unpaired) electrons. The van der Waals surface area contributed by atoms with Crippen LogP contribution >= 0.6 is 0 Å². The van der Waals surface area contributed by atoms with Gasteiger partial charge in [-0.15, -0.1) is 0 Å². The largest absolute Gasteiger partial charge is 0.490 e. The number of aryl methyl sites for hydroxylation is 1. The van der Waals surface area contributed by atoms with Gasteiger partial charge in [-0.3, -0.25) is 9.59 Å². The Morgan fingerprint density at radius 2 is 1.40 bits per heavy atom. The number of ether oxygens (including phenoxy) is 2. The zero-order chi connectivity index (χ0) is 18.2. The van der Waals surface area contributed by atoms with Crippen molar-refractivity contribution in [1.29, 1.82) is 0 Å². The van der Waals surface area contributed by atoms with E-state index in [1.165, 1.54) is 12.1 Å². The molecule has 0 unspecified atom stereocenters. The van der Waals surface area contributed by atoms with Gasteiger partial charge in [-0.1, -0.05) is 36.4 Å². The van der Waals surface area contributed by atoms with Gasteiger partial charge in [0.05, 0.1) is 0 Å². The predicted molar refractivity (Wildman–Crippen MR) is 92.9 cm³/mol. The Morgan fingerprint density at radius 3 is 1.92 bits per heavy atom. The normalized spacial score (nSPS) is 9.96. The van der Waals surface area contributed by atoms with Crippen LogP contribution in [-0.4, -0.2) is 30.7 Å². The third kappa shape index (κ3) is 5.14. The minimum absolute atomic E-state index is 0.0947. The molecular formula is C20H18O5. The van der Waals surface area contributed by atoms with E-state index in [4.69, 9.17) is 9.47 Å². The molecule has 5 nitrogen and oxygen atoms in total. The Morgan fingerprint density at radius 1 is 0.880 bits per heavy atom. The predicted octanol–water partition coefficient (Wildman–Crippen LogP) is 3.17. The van der Waals surface area contributed by atoms with Crippen LogP contribution in [0, 0.1) is 6.92 Å².